The average Bonchev–Trinajstić information content (AvgIpc) is 3.00. The van der Waals surface area contributed by atoms with E-state index in [1.54, 1.807) is 6.92 Å². The standard InChI is InChI=1S/C14H18N2O4S/c1-8-11(13(18)19)21-10(16-8)7-15-12(17)9-6-14(9)2-4-20-5-3-14/h9H,2-7H2,1H3,(H,15,17)(H,18,19). The highest BCUT2D eigenvalue weighted by molar-refractivity contribution is 7.13. The van der Waals surface area contributed by atoms with Crippen molar-refractivity contribution in [2.75, 3.05) is 13.2 Å². The summed E-state index contributed by atoms with van der Waals surface area (Å²) in [6.45, 7) is 3.47. The van der Waals surface area contributed by atoms with Crippen molar-refractivity contribution in [3.05, 3.63) is 15.6 Å². The second-order valence-electron chi connectivity index (χ2n) is 5.78. The van der Waals surface area contributed by atoms with Crippen LogP contribution in [-0.2, 0) is 16.1 Å². The number of amides is 1. The maximum atomic E-state index is 12.2. The van der Waals surface area contributed by atoms with Gasteiger partial charge in [-0.2, -0.15) is 0 Å². The van der Waals surface area contributed by atoms with Gasteiger partial charge in [0.1, 0.15) is 9.88 Å². The van der Waals surface area contributed by atoms with Crippen molar-refractivity contribution in [3.63, 3.8) is 0 Å². The third kappa shape index (κ3) is 2.80. The Labute approximate surface area is 126 Å². The molecule has 1 aliphatic heterocycles. The number of rotatable bonds is 4. The lowest BCUT2D eigenvalue weighted by atomic mass is 9.93. The SMILES string of the molecule is Cc1nc(CNC(=O)C2CC23CCOCC3)sc1C(=O)O. The fourth-order valence-electron chi connectivity index (χ4n) is 3.06. The van der Waals surface area contributed by atoms with Gasteiger partial charge < -0.3 is 15.2 Å². The second kappa shape index (κ2) is 5.38. The number of aromatic nitrogens is 1. The molecule has 1 atom stereocenters. The van der Waals surface area contributed by atoms with E-state index in [9.17, 15) is 9.59 Å². The fraction of sp³-hybridized carbons (Fsp3) is 0.643. The number of nitrogens with zero attached hydrogens (tertiary/aromatic N) is 1. The largest absolute Gasteiger partial charge is 0.477 e. The molecule has 6 nitrogen and oxygen atoms in total. The summed E-state index contributed by atoms with van der Waals surface area (Å²) in [6.07, 6.45) is 2.87. The predicted octanol–water partition coefficient (Wildman–Crippen LogP) is 1.58. The van der Waals surface area contributed by atoms with E-state index < -0.39 is 5.97 Å². The van der Waals surface area contributed by atoms with E-state index in [1.807, 2.05) is 0 Å². The lowest BCUT2D eigenvalue weighted by Gasteiger charge is -2.22. The van der Waals surface area contributed by atoms with E-state index in [2.05, 4.69) is 10.3 Å². The van der Waals surface area contributed by atoms with E-state index in [0.29, 0.717) is 17.2 Å². The zero-order valence-electron chi connectivity index (χ0n) is 11.8. The zero-order chi connectivity index (χ0) is 15.0. The Morgan fingerprint density at radius 2 is 2.19 bits per heavy atom. The molecule has 3 rings (SSSR count). The lowest BCUT2D eigenvalue weighted by molar-refractivity contribution is -0.123. The number of aryl methyl sites for hydroxylation is 1. The van der Waals surface area contributed by atoms with Gasteiger partial charge in [0.2, 0.25) is 5.91 Å². The van der Waals surface area contributed by atoms with Crippen LogP contribution in [-0.4, -0.2) is 35.2 Å². The first-order valence-corrected chi connectivity index (χ1v) is 7.88. The monoisotopic (exact) mass is 310 g/mol. The van der Waals surface area contributed by atoms with Crippen LogP contribution < -0.4 is 5.32 Å². The van der Waals surface area contributed by atoms with Crippen LogP contribution in [0, 0.1) is 18.3 Å². The first kappa shape index (κ1) is 14.5. The summed E-state index contributed by atoms with van der Waals surface area (Å²) in [5.41, 5.74) is 0.664. The van der Waals surface area contributed by atoms with Crippen LogP contribution in [0.25, 0.3) is 0 Å². The molecule has 114 valence electrons. The van der Waals surface area contributed by atoms with Crippen molar-refractivity contribution in [1.82, 2.24) is 10.3 Å². The number of carbonyl (C=O) groups excluding carboxylic acids is 1. The normalized spacial score (nSPS) is 23.0. The number of carbonyl (C=O) groups is 2. The fourth-order valence-corrected chi connectivity index (χ4v) is 3.90. The number of aromatic carboxylic acids is 1. The minimum Gasteiger partial charge on any atom is -0.477 e. The van der Waals surface area contributed by atoms with Gasteiger partial charge in [0.25, 0.3) is 0 Å². The Kier molecular flexibility index (Phi) is 3.71. The molecule has 2 N–H and O–H groups in total. The number of carboxylic acid groups (broad SMARTS) is 1. The first-order valence-electron chi connectivity index (χ1n) is 7.07. The van der Waals surface area contributed by atoms with Gasteiger partial charge in [-0.05, 0) is 31.6 Å². The number of carboxylic acids is 1. The molecule has 7 heteroatoms. The van der Waals surface area contributed by atoms with Gasteiger partial charge in [-0.3, -0.25) is 4.79 Å². The number of hydrogen-bond donors (Lipinski definition) is 2. The molecule has 2 aliphatic rings. The number of nitrogens with one attached hydrogen (secondary N) is 1. The molecule has 1 unspecified atom stereocenters. The van der Waals surface area contributed by atoms with Crippen LogP contribution in [0.2, 0.25) is 0 Å². The summed E-state index contributed by atoms with van der Waals surface area (Å²) in [6, 6.07) is 0. The van der Waals surface area contributed by atoms with Crippen LogP contribution in [0.3, 0.4) is 0 Å². The molecule has 0 bridgehead atoms. The van der Waals surface area contributed by atoms with Gasteiger partial charge in [0.05, 0.1) is 12.2 Å². The van der Waals surface area contributed by atoms with Crippen molar-refractivity contribution in [2.24, 2.45) is 11.3 Å². The van der Waals surface area contributed by atoms with Crippen molar-refractivity contribution >= 4 is 23.2 Å². The predicted molar refractivity (Wildman–Crippen MR) is 76.3 cm³/mol. The third-order valence-electron chi connectivity index (χ3n) is 4.44. The maximum absolute atomic E-state index is 12.2. The maximum Gasteiger partial charge on any atom is 0.347 e. The van der Waals surface area contributed by atoms with Crippen LogP contribution in [0.15, 0.2) is 0 Å². The Balaban J connectivity index is 1.55. The van der Waals surface area contributed by atoms with Gasteiger partial charge in [-0.1, -0.05) is 0 Å². The van der Waals surface area contributed by atoms with Gasteiger partial charge in [0, 0.05) is 19.1 Å². The molecule has 1 aromatic heterocycles. The van der Waals surface area contributed by atoms with Gasteiger partial charge in [-0.25, -0.2) is 9.78 Å². The molecule has 1 saturated carbocycles. The Bertz CT molecular complexity index is 578. The van der Waals surface area contributed by atoms with Crippen LogP contribution in [0.1, 0.15) is 39.6 Å². The van der Waals surface area contributed by atoms with Gasteiger partial charge >= 0.3 is 5.97 Å². The van der Waals surface area contributed by atoms with Crippen LogP contribution in [0.4, 0.5) is 0 Å². The first-order chi connectivity index (χ1) is 10.0. The molecule has 0 radical (unpaired) electrons. The molecule has 1 saturated heterocycles. The third-order valence-corrected chi connectivity index (χ3v) is 5.59. The number of thiazole rings is 1. The second-order valence-corrected chi connectivity index (χ2v) is 6.86. The molecular formula is C14H18N2O4S. The molecule has 1 spiro atoms. The summed E-state index contributed by atoms with van der Waals surface area (Å²) < 4.78 is 5.35. The average molecular weight is 310 g/mol. The molecule has 21 heavy (non-hydrogen) atoms. The molecule has 1 aromatic rings. The van der Waals surface area contributed by atoms with Crippen LogP contribution in [0.5, 0.6) is 0 Å². The molecular weight excluding hydrogens is 292 g/mol. The molecule has 0 aromatic carbocycles. The zero-order valence-corrected chi connectivity index (χ0v) is 12.7. The number of ether oxygens (including phenoxy) is 1. The van der Waals surface area contributed by atoms with Gasteiger partial charge in [-0.15, -0.1) is 11.3 Å². The van der Waals surface area contributed by atoms with Crippen molar-refractivity contribution < 1.29 is 19.4 Å². The summed E-state index contributed by atoms with van der Waals surface area (Å²) in [4.78, 5) is 27.6. The number of hydrogen-bond acceptors (Lipinski definition) is 5. The van der Waals surface area contributed by atoms with Crippen molar-refractivity contribution in [3.8, 4) is 0 Å². The summed E-state index contributed by atoms with van der Waals surface area (Å²) in [5.74, 6) is -0.825. The lowest BCUT2D eigenvalue weighted by Crippen LogP contribution is -2.29. The highest BCUT2D eigenvalue weighted by Gasteiger charge is 2.57. The Morgan fingerprint density at radius 3 is 2.81 bits per heavy atom. The molecule has 1 aliphatic carbocycles. The van der Waals surface area contributed by atoms with E-state index in [1.165, 1.54) is 0 Å². The molecule has 1 amide bonds. The minimum atomic E-state index is -0.967. The quantitative estimate of drug-likeness (QED) is 0.881. The summed E-state index contributed by atoms with van der Waals surface area (Å²) in [7, 11) is 0. The molecule has 2 heterocycles. The Hall–Kier alpha value is -1.47. The summed E-state index contributed by atoms with van der Waals surface area (Å²) in [5, 5.41) is 12.5. The van der Waals surface area contributed by atoms with E-state index in [4.69, 9.17) is 9.84 Å². The highest BCUT2D eigenvalue weighted by atomic mass is 32.1. The van der Waals surface area contributed by atoms with Gasteiger partial charge in [0.15, 0.2) is 0 Å². The molecule has 2 fully saturated rings. The van der Waals surface area contributed by atoms with E-state index in [0.717, 1.165) is 43.8 Å². The van der Waals surface area contributed by atoms with E-state index >= 15 is 0 Å². The van der Waals surface area contributed by atoms with E-state index in [-0.39, 0.29) is 22.1 Å². The topological polar surface area (TPSA) is 88.5 Å². The summed E-state index contributed by atoms with van der Waals surface area (Å²) >= 11 is 1.12. The highest BCUT2D eigenvalue weighted by Crippen LogP contribution is 2.59. The smallest absolute Gasteiger partial charge is 0.347 e. The minimum absolute atomic E-state index is 0.0571. The van der Waals surface area contributed by atoms with Crippen molar-refractivity contribution in [1.29, 1.82) is 0 Å². The van der Waals surface area contributed by atoms with Crippen molar-refractivity contribution in [2.45, 2.75) is 32.7 Å². The van der Waals surface area contributed by atoms with Crippen LogP contribution >= 0.6 is 11.3 Å². The Morgan fingerprint density at radius 1 is 1.48 bits per heavy atom.